The van der Waals surface area contributed by atoms with Crippen molar-refractivity contribution < 1.29 is 10.3 Å². The quantitative estimate of drug-likeness (QED) is 0.350. The number of nitrogens with zero attached hydrogens (tertiary/aromatic N) is 4. The predicted octanol–water partition coefficient (Wildman–Crippen LogP) is 1.66. The number of H-pyrrole nitrogens is 1. The van der Waals surface area contributed by atoms with Crippen molar-refractivity contribution in [1.29, 1.82) is 0 Å². The van der Waals surface area contributed by atoms with E-state index in [2.05, 4.69) is 35.9 Å². The van der Waals surface area contributed by atoms with Crippen molar-refractivity contribution in [2.24, 2.45) is 5.11 Å². The van der Waals surface area contributed by atoms with E-state index < -0.39 is 0 Å². The van der Waals surface area contributed by atoms with Crippen molar-refractivity contribution in [3.05, 3.63) is 60.5 Å². The van der Waals surface area contributed by atoms with Gasteiger partial charge in [0.15, 0.2) is 0 Å². The molecule has 0 saturated heterocycles. The minimum Gasteiger partial charge on any atom is -0.693 e. The molecule has 0 aliphatic rings. The van der Waals surface area contributed by atoms with Crippen molar-refractivity contribution in [1.82, 2.24) is 25.5 Å². The summed E-state index contributed by atoms with van der Waals surface area (Å²) in [7, 11) is 0. The first-order chi connectivity index (χ1) is 12.8. The zero-order valence-electron chi connectivity index (χ0n) is 14.6. The molecule has 140 valence electrons. The lowest BCUT2D eigenvalue weighted by molar-refractivity contribution is -0.211. The maximum absolute atomic E-state index is 12.2. The molecule has 0 bridgehead atoms. The van der Waals surface area contributed by atoms with Crippen molar-refractivity contribution in [3.8, 4) is 11.3 Å². The first kappa shape index (κ1) is 19.7. The van der Waals surface area contributed by atoms with E-state index in [1.807, 2.05) is 30.3 Å². The Hall–Kier alpha value is -3.66. The van der Waals surface area contributed by atoms with Crippen LogP contribution in [0.15, 0.2) is 53.8 Å². The maximum Gasteiger partial charge on any atom is 0.269 e. The van der Waals surface area contributed by atoms with Gasteiger partial charge in [-0.1, -0.05) is 30.3 Å². The summed E-state index contributed by atoms with van der Waals surface area (Å²) in [6, 6.07) is 13.0. The van der Waals surface area contributed by atoms with Crippen LogP contribution < -0.4 is 16.2 Å². The van der Waals surface area contributed by atoms with Gasteiger partial charge < -0.3 is 16.8 Å². The Morgan fingerprint density at radius 3 is 2.78 bits per heavy atom. The lowest BCUT2D eigenvalue weighted by Crippen LogP contribution is -2.26. The SMILES string of the molecule is [NH2+]=Nc1ccnc(NCCCNC(=O)c2cc(-c3ccccc3)n[nH]2)n1.[NH2-]. The fourth-order valence-electron chi connectivity index (χ4n) is 2.29. The third kappa shape index (κ3) is 5.41. The van der Waals surface area contributed by atoms with Crippen molar-refractivity contribution in [2.75, 3.05) is 18.4 Å². The van der Waals surface area contributed by atoms with E-state index in [1.54, 1.807) is 18.3 Å². The Labute approximate surface area is 155 Å². The van der Waals surface area contributed by atoms with Crippen LogP contribution in [0.25, 0.3) is 17.4 Å². The molecule has 0 aliphatic carbocycles. The van der Waals surface area contributed by atoms with Gasteiger partial charge in [-0.2, -0.15) is 15.6 Å². The minimum atomic E-state index is -0.195. The number of hydrogen-bond donors (Lipinski definition) is 4. The molecule has 0 radical (unpaired) electrons. The molecule has 10 nitrogen and oxygen atoms in total. The Morgan fingerprint density at radius 2 is 2.00 bits per heavy atom. The van der Waals surface area contributed by atoms with Crippen LogP contribution in [0.4, 0.5) is 11.8 Å². The Kier molecular flexibility index (Phi) is 7.08. The molecule has 2 heterocycles. The molecule has 0 spiro atoms. The zero-order chi connectivity index (χ0) is 18.2. The Morgan fingerprint density at radius 1 is 1.19 bits per heavy atom. The maximum atomic E-state index is 12.2. The third-order valence-electron chi connectivity index (χ3n) is 3.59. The molecule has 0 aliphatic heterocycles. The van der Waals surface area contributed by atoms with Gasteiger partial charge in [0.1, 0.15) is 5.69 Å². The fraction of sp³-hybridized carbons (Fsp3) is 0.176. The molecule has 1 amide bonds. The lowest BCUT2D eigenvalue weighted by Gasteiger charge is -2.05. The summed E-state index contributed by atoms with van der Waals surface area (Å²) >= 11 is 0. The molecule has 0 fully saturated rings. The molecule has 10 heteroatoms. The van der Waals surface area contributed by atoms with Crippen LogP contribution in [0.5, 0.6) is 0 Å². The molecule has 3 aromatic rings. The largest absolute Gasteiger partial charge is 0.693 e. The summed E-state index contributed by atoms with van der Waals surface area (Å²) in [5.41, 5.74) is 7.29. The number of nitrogens with two attached hydrogens (primary N) is 2. The molecule has 2 aromatic heterocycles. The number of hydrogen-bond acceptors (Lipinski definition) is 6. The molecule has 3 rings (SSSR count). The van der Waals surface area contributed by atoms with Gasteiger partial charge in [-0.15, -0.1) is 0 Å². The molecule has 27 heavy (non-hydrogen) atoms. The highest BCUT2D eigenvalue weighted by atomic mass is 16.1. The standard InChI is InChI=1S/C17H18N8O.H2N/c18-23-15-7-10-21-17(22-15)20-9-4-8-19-16(26)14-11-13(24-25-14)12-5-2-1-3-6-12;/h1-3,5-7,10-11,18H,4,8-9H2,(H,19,26)(H,24,25)(H,20,21,22);1H2/q;-1/p+1. The fourth-order valence-corrected chi connectivity index (χ4v) is 2.29. The highest BCUT2D eigenvalue weighted by molar-refractivity contribution is 5.93. The first-order valence-electron chi connectivity index (χ1n) is 8.13. The number of aromatic amines is 1. The van der Waals surface area contributed by atoms with Crippen molar-refractivity contribution in [3.63, 3.8) is 0 Å². The number of anilines is 1. The average Bonchev–Trinajstić information content (AvgIpc) is 3.19. The summed E-state index contributed by atoms with van der Waals surface area (Å²) in [5.74, 6) is 0.660. The monoisotopic (exact) mass is 367 g/mol. The van der Waals surface area contributed by atoms with Crippen molar-refractivity contribution >= 4 is 17.7 Å². The molecular formula is C17H21N9O. The van der Waals surface area contributed by atoms with Crippen LogP contribution in [-0.2, 0) is 0 Å². The molecule has 7 N–H and O–H groups in total. The van der Waals surface area contributed by atoms with Crippen LogP contribution in [0.2, 0.25) is 0 Å². The first-order valence-corrected chi connectivity index (χ1v) is 8.13. The van der Waals surface area contributed by atoms with Gasteiger partial charge in [-0.25, -0.2) is 4.98 Å². The predicted molar refractivity (Wildman–Crippen MR) is 101 cm³/mol. The average molecular weight is 367 g/mol. The minimum absolute atomic E-state index is 0. The zero-order valence-corrected chi connectivity index (χ0v) is 14.6. The summed E-state index contributed by atoms with van der Waals surface area (Å²) < 4.78 is 0. The summed E-state index contributed by atoms with van der Waals surface area (Å²) in [6.45, 7) is 1.11. The smallest absolute Gasteiger partial charge is 0.269 e. The molecule has 1 aromatic carbocycles. The van der Waals surface area contributed by atoms with E-state index in [-0.39, 0.29) is 12.1 Å². The highest BCUT2D eigenvalue weighted by Crippen LogP contribution is 2.16. The van der Waals surface area contributed by atoms with Gasteiger partial charge in [-0.05, 0) is 12.5 Å². The van der Waals surface area contributed by atoms with Crippen LogP contribution >= 0.6 is 0 Å². The number of rotatable bonds is 8. The number of carbonyl (C=O) groups is 1. The van der Waals surface area contributed by atoms with Gasteiger partial charge in [-0.3, -0.25) is 9.89 Å². The lowest BCUT2D eigenvalue weighted by atomic mass is 10.1. The van der Waals surface area contributed by atoms with E-state index in [1.165, 1.54) is 0 Å². The van der Waals surface area contributed by atoms with Gasteiger partial charge in [0.05, 0.1) is 5.69 Å². The number of amides is 1. The second kappa shape index (κ2) is 9.73. The molecule has 0 atom stereocenters. The number of nitrogens with one attached hydrogen (secondary N) is 3. The summed E-state index contributed by atoms with van der Waals surface area (Å²) in [5, 5.41) is 16.3. The van der Waals surface area contributed by atoms with Crippen LogP contribution in [0.1, 0.15) is 16.9 Å². The second-order valence-electron chi connectivity index (χ2n) is 5.44. The van der Waals surface area contributed by atoms with E-state index in [4.69, 9.17) is 5.53 Å². The molecular weight excluding hydrogens is 346 g/mol. The highest BCUT2D eigenvalue weighted by Gasteiger charge is 2.10. The summed E-state index contributed by atoms with van der Waals surface area (Å²) in [6.07, 6.45) is 2.28. The normalized spacial score (nSPS) is 9.93. The summed E-state index contributed by atoms with van der Waals surface area (Å²) in [4.78, 5) is 20.3. The van der Waals surface area contributed by atoms with Gasteiger partial charge in [0.2, 0.25) is 11.8 Å². The van der Waals surface area contributed by atoms with Gasteiger partial charge in [0.25, 0.3) is 5.91 Å². The van der Waals surface area contributed by atoms with Gasteiger partial charge in [0, 0.05) is 36.0 Å². The topological polar surface area (TPSA) is 167 Å². The van der Waals surface area contributed by atoms with Gasteiger partial charge >= 0.3 is 0 Å². The number of benzene rings is 1. The Bertz CT molecular complexity index is 879. The number of aromatic nitrogens is 4. The van der Waals surface area contributed by atoms with E-state index in [0.717, 1.165) is 11.3 Å². The molecule has 0 unspecified atom stereocenters. The van der Waals surface area contributed by atoms with Crippen LogP contribution in [0, 0.1) is 0 Å². The third-order valence-corrected chi connectivity index (χ3v) is 3.59. The Balaban J connectivity index is 0.00000261. The van der Waals surface area contributed by atoms with Crippen molar-refractivity contribution in [2.45, 2.75) is 6.42 Å². The molecule has 0 saturated carbocycles. The second-order valence-corrected chi connectivity index (χ2v) is 5.44. The van der Waals surface area contributed by atoms with Crippen LogP contribution in [0.3, 0.4) is 0 Å². The van der Waals surface area contributed by atoms with E-state index in [9.17, 15) is 4.79 Å². The number of carbonyl (C=O) groups excluding carboxylic acids is 1. The van der Waals surface area contributed by atoms with Crippen LogP contribution in [-0.4, -0.2) is 39.2 Å². The van der Waals surface area contributed by atoms with E-state index in [0.29, 0.717) is 37.0 Å². The van der Waals surface area contributed by atoms with E-state index >= 15 is 0 Å².